The Balaban J connectivity index is 2.32. The Morgan fingerprint density at radius 1 is 1.31 bits per heavy atom. The molecule has 16 heavy (non-hydrogen) atoms. The van der Waals surface area contributed by atoms with Gasteiger partial charge in [0, 0.05) is 12.0 Å². The largest absolute Gasteiger partial charge is 0.294 e. The first-order valence-corrected chi connectivity index (χ1v) is 5.95. The van der Waals surface area contributed by atoms with Crippen molar-refractivity contribution >= 4 is 5.78 Å². The van der Waals surface area contributed by atoms with E-state index in [0.29, 0.717) is 6.42 Å². The second-order valence-corrected chi connectivity index (χ2v) is 4.18. The summed E-state index contributed by atoms with van der Waals surface area (Å²) in [5.41, 5.74) is 2.00. The van der Waals surface area contributed by atoms with E-state index in [0.717, 1.165) is 36.8 Å². The van der Waals surface area contributed by atoms with E-state index >= 15 is 0 Å². The zero-order chi connectivity index (χ0) is 11.8. The van der Waals surface area contributed by atoms with Crippen LogP contribution in [0.3, 0.4) is 0 Å². The Morgan fingerprint density at radius 3 is 2.81 bits per heavy atom. The van der Waals surface area contributed by atoms with Crippen molar-refractivity contribution in [3.05, 3.63) is 48.0 Å². The Hall–Kier alpha value is -1.37. The monoisotopic (exact) mass is 216 g/mol. The standard InChI is InChI=1S/C15H20O/c1-3-4-5-6-7-11-15(16)14-10-8-9-13(2)12-14/h3,8-10,12H,1,4-7,11H2,2H3. The molecular weight excluding hydrogens is 196 g/mol. The number of rotatable bonds is 7. The normalized spacial score (nSPS) is 10.1. The maximum atomic E-state index is 11.8. The lowest BCUT2D eigenvalue weighted by molar-refractivity contribution is 0.0979. The lowest BCUT2D eigenvalue weighted by Crippen LogP contribution is -1.99. The van der Waals surface area contributed by atoms with Crippen molar-refractivity contribution in [2.45, 2.75) is 39.0 Å². The molecule has 0 aliphatic heterocycles. The van der Waals surface area contributed by atoms with E-state index in [-0.39, 0.29) is 5.78 Å². The third kappa shape index (κ3) is 4.43. The second-order valence-electron chi connectivity index (χ2n) is 4.18. The zero-order valence-electron chi connectivity index (χ0n) is 10.0. The quantitative estimate of drug-likeness (QED) is 0.377. The summed E-state index contributed by atoms with van der Waals surface area (Å²) in [4.78, 5) is 11.8. The van der Waals surface area contributed by atoms with Crippen molar-refractivity contribution in [2.24, 2.45) is 0 Å². The van der Waals surface area contributed by atoms with Crippen molar-refractivity contribution in [2.75, 3.05) is 0 Å². The molecule has 0 amide bonds. The van der Waals surface area contributed by atoms with Gasteiger partial charge in [-0.25, -0.2) is 0 Å². The van der Waals surface area contributed by atoms with E-state index in [2.05, 4.69) is 6.58 Å². The molecular formula is C15H20O. The fourth-order valence-corrected chi connectivity index (χ4v) is 1.71. The second kappa shape index (κ2) is 7.00. The van der Waals surface area contributed by atoms with Gasteiger partial charge in [0.05, 0.1) is 0 Å². The highest BCUT2D eigenvalue weighted by Gasteiger charge is 2.04. The Morgan fingerprint density at radius 2 is 2.12 bits per heavy atom. The maximum Gasteiger partial charge on any atom is 0.162 e. The fraction of sp³-hybridized carbons (Fsp3) is 0.400. The number of Topliss-reactive ketones (excluding diaryl/α,β-unsaturated/α-hetero) is 1. The molecule has 0 spiro atoms. The first kappa shape index (κ1) is 12.7. The molecule has 0 saturated heterocycles. The molecule has 0 radical (unpaired) electrons. The molecule has 0 fully saturated rings. The van der Waals surface area contributed by atoms with Crippen LogP contribution in [0, 0.1) is 6.92 Å². The Bertz CT molecular complexity index is 352. The molecule has 0 aliphatic rings. The number of carbonyl (C=O) groups is 1. The number of hydrogen-bond acceptors (Lipinski definition) is 1. The molecule has 1 rings (SSSR count). The number of hydrogen-bond donors (Lipinski definition) is 0. The molecule has 0 atom stereocenters. The van der Waals surface area contributed by atoms with Crippen LogP contribution in [0.25, 0.3) is 0 Å². The average molecular weight is 216 g/mol. The number of carbonyl (C=O) groups excluding carboxylic acids is 1. The third-order valence-electron chi connectivity index (χ3n) is 2.65. The summed E-state index contributed by atoms with van der Waals surface area (Å²) < 4.78 is 0. The molecule has 1 aromatic carbocycles. The van der Waals surface area contributed by atoms with Gasteiger partial charge in [0.1, 0.15) is 0 Å². The molecule has 1 aromatic rings. The number of ketones is 1. The highest BCUT2D eigenvalue weighted by Crippen LogP contribution is 2.10. The van der Waals surface area contributed by atoms with Crippen molar-refractivity contribution < 1.29 is 4.79 Å². The predicted octanol–water partition coefficient (Wildman–Crippen LogP) is 4.31. The van der Waals surface area contributed by atoms with E-state index < -0.39 is 0 Å². The molecule has 0 aliphatic carbocycles. The highest BCUT2D eigenvalue weighted by molar-refractivity contribution is 5.96. The topological polar surface area (TPSA) is 17.1 Å². The van der Waals surface area contributed by atoms with Crippen molar-refractivity contribution in [3.8, 4) is 0 Å². The SMILES string of the molecule is C=CCCCCCC(=O)c1cccc(C)c1. The van der Waals surface area contributed by atoms with Gasteiger partial charge in [-0.1, -0.05) is 36.3 Å². The van der Waals surface area contributed by atoms with Crippen LogP contribution in [0.4, 0.5) is 0 Å². The van der Waals surface area contributed by atoms with Crippen LogP contribution in [0.1, 0.15) is 48.0 Å². The number of benzene rings is 1. The van der Waals surface area contributed by atoms with Gasteiger partial charge in [0.2, 0.25) is 0 Å². The van der Waals surface area contributed by atoms with Crippen LogP contribution >= 0.6 is 0 Å². The number of unbranched alkanes of at least 4 members (excludes halogenated alkanes) is 3. The van der Waals surface area contributed by atoms with Gasteiger partial charge in [-0.3, -0.25) is 4.79 Å². The van der Waals surface area contributed by atoms with E-state index in [4.69, 9.17) is 0 Å². The molecule has 86 valence electrons. The molecule has 1 nitrogen and oxygen atoms in total. The van der Waals surface area contributed by atoms with E-state index in [1.54, 1.807) is 0 Å². The molecule has 0 unspecified atom stereocenters. The third-order valence-corrected chi connectivity index (χ3v) is 2.65. The molecule has 0 bridgehead atoms. The first-order chi connectivity index (χ1) is 7.74. The highest BCUT2D eigenvalue weighted by atomic mass is 16.1. The summed E-state index contributed by atoms with van der Waals surface area (Å²) in [5.74, 6) is 0.266. The van der Waals surface area contributed by atoms with Crippen LogP contribution in [0.2, 0.25) is 0 Å². The van der Waals surface area contributed by atoms with E-state index in [1.807, 2.05) is 37.3 Å². The van der Waals surface area contributed by atoms with Crippen LogP contribution in [0.5, 0.6) is 0 Å². The minimum atomic E-state index is 0.266. The van der Waals surface area contributed by atoms with Crippen LogP contribution < -0.4 is 0 Å². The van der Waals surface area contributed by atoms with Crippen molar-refractivity contribution in [3.63, 3.8) is 0 Å². The van der Waals surface area contributed by atoms with E-state index in [1.165, 1.54) is 0 Å². The van der Waals surface area contributed by atoms with E-state index in [9.17, 15) is 4.79 Å². The molecule has 0 aromatic heterocycles. The van der Waals surface area contributed by atoms with Gasteiger partial charge >= 0.3 is 0 Å². The van der Waals surface area contributed by atoms with Gasteiger partial charge in [0.25, 0.3) is 0 Å². The molecule has 0 saturated carbocycles. The van der Waals surface area contributed by atoms with Crippen molar-refractivity contribution in [1.29, 1.82) is 0 Å². The fourth-order valence-electron chi connectivity index (χ4n) is 1.71. The average Bonchev–Trinajstić information content (AvgIpc) is 2.28. The molecule has 1 heteroatoms. The lowest BCUT2D eigenvalue weighted by atomic mass is 10.0. The van der Waals surface area contributed by atoms with Crippen LogP contribution in [-0.4, -0.2) is 5.78 Å². The lowest BCUT2D eigenvalue weighted by Gasteiger charge is -2.02. The summed E-state index contributed by atoms with van der Waals surface area (Å²) in [6.45, 7) is 5.70. The Labute approximate surface area is 98.2 Å². The first-order valence-electron chi connectivity index (χ1n) is 5.95. The van der Waals surface area contributed by atoms with Gasteiger partial charge in [-0.15, -0.1) is 6.58 Å². The summed E-state index contributed by atoms with van der Waals surface area (Å²) in [6, 6.07) is 7.83. The smallest absolute Gasteiger partial charge is 0.162 e. The minimum Gasteiger partial charge on any atom is -0.294 e. The Kier molecular flexibility index (Phi) is 5.55. The van der Waals surface area contributed by atoms with Gasteiger partial charge in [-0.05, 0) is 32.3 Å². The van der Waals surface area contributed by atoms with Gasteiger partial charge in [-0.2, -0.15) is 0 Å². The number of aryl methyl sites for hydroxylation is 1. The van der Waals surface area contributed by atoms with Gasteiger partial charge in [0.15, 0.2) is 5.78 Å². The zero-order valence-corrected chi connectivity index (χ0v) is 10.0. The molecule has 0 heterocycles. The number of allylic oxidation sites excluding steroid dienone is 1. The molecule has 0 N–H and O–H groups in total. The van der Waals surface area contributed by atoms with Crippen LogP contribution in [-0.2, 0) is 0 Å². The summed E-state index contributed by atoms with van der Waals surface area (Å²) in [7, 11) is 0. The van der Waals surface area contributed by atoms with Crippen LogP contribution in [0.15, 0.2) is 36.9 Å². The summed E-state index contributed by atoms with van der Waals surface area (Å²) in [6.07, 6.45) is 6.90. The predicted molar refractivity (Wildman–Crippen MR) is 68.8 cm³/mol. The minimum absolute atomic E-state index is 0.266. The van der Waals surface area contributed by atoms with Gasteiger partial charge < -0.3 is 0 Å². The summed E-state index contributed by atoms with van der Waals surface area (Å²) >= 11 is 0. The summed E-state index contributed by atoms with van der Waals surface area (Å²) in [5, 5.41) is 0. The van der Waals surface area contributed by atoms with Crippen molar-refractivity contribution in [1.82, 2.24) is 0 Å². The maximum absolute atomic E-state index is 11.8.